The predicted octanol–water partition coefficient (Wildman–Crippen LogP) is 4.68. The number of nitriles is 1. The molecule has 0 radical (unpaired) electrons. The number of hydrogen-bond acceptors (Lipinski definition) is 6. The van der Waals surface area contributed by atoms with Crippen molar-refractivity contribution < 1.29 is 14.2 Å². The smallest absolute Gasteiger partial charge is 0.244 e. The van der Waals surface area contributed by atoms with E-state index in [1.54, 1.807) is 0 Å². The molecule has 3 N–H and O–H groups in total. The molecule has 31 heavy (non-hydrogen) atoms. The molecule has 0 fully saturated rings. The van der Waals surface area contributed by atoms with E-state index in [4.69, 9.17) is 19.9 Å². The van der Waals surface area contributed by atoms with E-state index in [0.29, 0.717) is 36.2 Å². The third-order valence-electron chi connectivity index (χ3n) is 5.04. The Hall–Kier alpha value is -3.44. The highest BCUT2D eigenvalue weighted by Crippen LogP contribution is 2.47. The summed E-state index contributed by atoms with van der Waals surface area (Å²) in [6, 6.07) is 15.8. The highest BCUT2D eigenvalue weighted by Gasteiger charge is 2.36. The van der Waals surface area contributed by atoms with Crippen LogP contribution in [0.4, 0.5) is 0 Å². The maximum atomic E-state index is 9.81. The normalized spacial score (nSPS) is 15.1. The van der Waals surface area contributed by atoms with Gasteiger partial charge in [-0.25, -0.2) is 0 Å². The number of allylic oxidation sites excluding steroid dienone is 1. The summed E-state index contributed by atoms with van der Waals surface area (Å²) in [5, 5.41) is 16.9. The summed E-state index contributed by atoms with van der Waals surface area (Å²) in [6.07, 6.45) is 0. The van der Waals surface area contributed by atoms with Crippen LogP contribution < -0.4 is 19.9 Å². The average Bonchev–Trinajstić information content (AvgIpc) is 3.13. The fraction of sp³-hybridized carbons (Fsp3) is 0.217. The van der Waals surface area contributed by atoms with Gasteiger partial charge in [-0.3, -0.25) is 5.10 Å². The van der Waals surface area contributed by atoms with E-state index in [2.05, 4.69) is 32.2 Å². The monoisotopic (exact) mass is 480 g/mol. The lowest BCUT2D eigenvalue weighted by atomic mass is 9.84. The van der Waals surface area contributed by atoms with Crippen LogP contribution in [0.3, 0.4) is 0 Å². The van der Waals surface area contributed by atoms with E-state index in [0.717, 1.165) is 26.9 Å². The lowest BCUT2D eigenvalue weighted by molar-refractivity contribution is 0.269. The van der Waals surface area contributed by atoms with Crippen molar-refractivity contribution in [3.05, 3.63) is 80.8 Å². The van der Waals surface area contributed by atoms with Crippen molar-refractivity contribution in [1.29, 1.82) is 5.26 Å². The molecule has 0 unspecified atom stereocenters. The Kier molecular flexibility index (Phi) is 5.87. The summed E-state index contributed by atoms with van der Waals surface area (Å²) in [5.41, 5.74) is 9.79. The molecular weight excluding hydrogens is 460 g/mol. The number of aromatic amines is 1. The molecule has 3 aromatic rings. The summed E-state index contributed by atoms with van der Waals surface area (Å²) in [4.78, 5) is 0. The number of aryl methyl sites for hydroxylation is 1. The fourth-order valence-corrected chi connectivity index (χ4v) is 4.15. The zero-order valence-electron chi connectivity index (χ0n) is 17.1. The first-order chi connectivity index (χ1) is 15.0. The van der Waals surface area contributed by atoms with Gasteiger partial charge < -0.3 is 19.9 Å². The van der Waals surface area contributed by atoms with E-state index < -0.39 is 5.92 Å². The van der Waals surface area contributed by atoms with Gasteiger partial charge in [0.15, 0.2) is 11.5 Å². The van der Waals surface area contributed by atoms with Gasteiger partial charge in [0.05, 0.1) is 12.5 Å². The Morgan fingerprint density at radius 2 is 1.97 bits per heavy atom. The predicted molar refractivity (Wildman–Crippen MR) is 119 cm³/mol. The highest BCUT2D eigenvalue weighted by molar-refractivity contribution is 9.10. The molecule has 0 amide bonds. The van der Waals surface area contributed by atoms with Gasteiger partial charge in [0.2, 0.25) is 11.8 Å². The molecule has 0 aliphatic carbocycles. The number of benzene rings is 2. The standard InChI is InChI=1S/C23H21BrN4O3/c1-3-29-18-9-15(17(24)10-19(18)30-12-14-7-5-4-6-8-14)21-16(11-25)22(26)31-23-20(21)13(2)27-28-23/h4-10,21H,3,12,26H2,1-2H3,(H,27,28)/t21-/m1/s1. The number of H-pyrrole nitrogens is 1. The van der Waals surface area contributed by atoms with E-state index in [9.17, 15) is 5.26 Å². The molecule has 158 valence electrons. The summed E-state index contributed by atoms with van der Waals surface area (Å²) >= 11 is 3.66. The maximum Gasteiger partial charge on any atom is 0.244 e. The Bertz CT molecular complexity index is 1180. The van der Waals surface area contributed by atoms with Crippen LogP contribution in [-0.4, -0.2) is 16.8 Å². The number of aromatic nitrogens is 2. The average molecular weight is 481 g/mol. The quantitative estimate of drug-likeness (QED) is 0.530. The van der Waals surface area contributed by atoms with Crippen molar-refractivity contribution in [2.24, 2.45) is 5.73 Å². The zero-order valence-corrected chi connectivity index (χ0v) is 18.7. The number of ether oxygens (including phenoxy) is 3. The van der Waals surface area contributed by atoms with Gasteiger partial charge in [0.25, 0.3) is 0 Å². The number of rotatable bonds is 6. The molecule has 0 bridgehead atoms. The number of halogens is 1. The number of nitrogens with two attached hydrogens (primary N) is 1. The Balaban J connectivity index is 1.78. The number of hydrogen-bond donors (Lipinski definition) is 2. The molecule has 7 nitrogen and oxygen atoms in total. The molecule has 0 spiro atoms. The fourth-order valence-electron chi connectivity index (χ4n) is 3.60. The largest absolute Gasteiger partial charge is 0.490 e. The van der Waals surface area contributed by atoms with Crippen molar-refractivity contribution in [1.82, 2.24) is 10.2 Å². The lowest BCUT2D eigenvalue weighted by Crippen LogP contribution is -2.21. The van der Waals surface area contributed by atoms with Gasteiger partial charge in [0, 0.05) is 15.7 Å². The van der Waals surface area contributed by atoms with Crippen molar-refractivity contribution in [2.75, 3.05) is 6.61 Å². The molecule has 2 heterocycles. The van der Waals surface area contributed by atoms with E-state index >= 15 is 0 Å². The Morgan fingerprint density at radius 3 is 2.68 bits per heavy atom. The third kappa shape index (κ3) is 3.97. The van der Waals surface area contributed by atoms with E-state index in [-0.39, 0.29) is 5.88 Å². The van der Waals surface area contributed by atoms with Crippen molar-refractivity contribution in [3.63, 3.8) is 0 Å². The van der Waals surface area contributed by atoms with Gasteiger partial charge >= 0.3 is 0 Å². The van der Waals surface area contributed by atoms with Crippen LogP contribution in [-0.2, 0) is 6.61 Å². The number of fused-ring (bicyclic) bond motifs is 1. The minimum atomic E-state index is -0.454. The van der Waals surface area contributed by atoms with Crippen LogP contribution in [0.1, 0.15) is 35.2 Å². The number of nitrogens with zero attached hydrogens (tertiary/aromatic N) is 2. The van der Waals surface area contributed by atoms with Crippen LogP contribution in [0.2, 0.25) is 0 Å². The van der Waals surface area contributed by atoms with E-state index in [1.165, 1.54) is 0 Å². The highest BCUT2D eigenvalue weighted by atomic mass is 79.9. The van der Waals surface area contributed by atoms with Crippen LogP contribution >= 0.6 is 15.9 Å². The third-order valence-corrected chi connectivity index (χ3v) is 5.73. The molecule has 0 saturated heterocycles. The second kappa shape index (κ2) is 8.74. The molecule has 8 heteroatoms. The van der Waals surface area contributed by atoms with Crippen molar-refractivity contribution in [2.45, 2.75) is 26.4 Å². The van der Waals surface area contributed by atoms with Crippen molar-refractivity contribution >= 4 is 15.9 Å². The number of nitrogens with one attached hydrogen (secondary N) is 1. The van der Waals surface area contributed by atoms with Crippen LogP contribution in [0.25, 0.3) is 0 Å². The zero-order chi connectivity index (χ0) is 22.0. The second-order valence-corrected chi connectivity index (χ2v) is 7.87. The summed E-state index contributed by atoms with van der Waals surface area (Å²) < 4.78 is 18.2. The maximum absolute atomic E-state index is 9.81. The lowest BCUT2D eigenvalue weighted by Gasteiger charge is -2.25. The SMILES string of the molecule is CCOc1cc([C@@H]2C(C#N)=C(N)Oc3n[nH]c(C)c32)c(Br)cc1OCc1ccccc1. The van der Waals surface area contributed by atoms with Gasteiger partial charge in [-0.05, 0) is 37.1 Å². The molecular formula is C23H21BrN4O3. The topological polar surface area (TPSA) is 106 Å². The summed E-state index contributed by atoms with van der Waals surface area (Å²) in [5.74, 6) is 1.15. The Labute approximate surface area is 188 Å². The minimum Gasteiger partial charge on any atom is -0.490 e. The molecule has 0 saturated carbocycles. The van der Waals surface area contributed by atoms with E-state index in [1.807, 2.05) is 56.3 Å². The Morgan fingerprint density at radius 1 is 1.23 bits per heavy atom. The minimum absolute atomic E-state index is 0.0424. The van der Waals surface area contributed by atoms with Crippen LogP contribution in [0, 0.1) is 18.3 Å². The van der Waals surface area contributed by atoms with Gasteiger partial charge in [0.1, 0.15) is 18.2 Å². The first-order valence-corrected chi connectivity index (χ1v) is 10.6. The van der Waals surface area contributed by atoms with Gasteiger partial charge in [-0.1, -0.05) is 46.3 Å². The summed E-state index contributed by atoms with van der Waals surface area (Å²) in [6.45, 7) is 4.67. The first kappa shape index (κ1) is 20.8. The second-order valence-electron chi connectivity index (χ2n) is 7.02. The first-order valence-electron chi connectivity index (χ1n) is 9.78. The molecule has 4 rings (SSSR count). The molecule has 2 aromatic carbocycles. The van der Waals surface area contributed by atoms with Crippen molar-refractivity contribution in [3.8, 4) is 23.4 Å². The van der Waals surface area contributed by atoms with Gasteiger partial charge in [-0.2, -0.15) is 5.26 Å². The van der Waals surface area contributed by atoms with Crippen LogP contribution in [0.15, 0.2) is 58.4 Å². The molecule has 1 aliphatic rings. The molecule has 1 aromatic heterocycles. The van der Waals surface area contributed by atoms with Crippen LogP contribution in [0.5, 0.6) is 17.4 Å². The summed E-state index contributed by atoms with van der Waals surface area (Å²) in [7, 11) is 0. The molecule has 1 aliphatic heterocycles. The molecule has 1 atom stereocenters. The van der Waals surface area contributed by atoms with Gasteiger partial charge in [-0.15, -0.1) is 5.10 Å².